The van der Waals surface area contributed by atoms with Crippen LogP contribution < -0.4 is 10.6 Å². The summed E-state index contributed by atoms with van der Waals surface area (Å²) in [5.74, 6) is 1.17. The lowest BCUT2D eigenvalue weighted by atomic mass is 9.81. The van der Waals surface area contributed by atoms with E-state index in [0.29, 0.717) is 50.3 Å². The lowest BCUT2D eigenvalue weighted by Crippen LogP contribution is -2.40. The Kier molecular flexibility index (Phi) is 7.33. The summed E-state index contributed by atoms with van der Waals surface area (Å²) in [6.45, 7) is 7.44. The van der Waals surface area contributed by atoms with Crippen molar-refractivity contribution in [2.75, 3.05) is 25.0 Å². The molecule has 10 nitrogen and oxygen atoms in total. The molecule has 0 saturated heterocycles. The molecular formula is C21H32N6O4. The van der Waals surface area contributed by atoms with Crippen LogP contribution in [0.5, 0.6) is 0 Å². The predicted molar refractivity (Wildman–Crippen MR) is 114 cm³/mol. The SMILES string of the molecule is CC(C)(C)OC(=O)N1CCc2[nH]nc(NC(=O)NCC3CCCC(CN=C=O)C3)c2C1. The quantitative estimate of drug-likeness (QED) is 0.487. The highest BCUT2D eigenvalue weighted by Crippen LogP contribution is 2.29. The topological polar surface area (TPSA) is 129 Å². The van der Waals surface area contributed by atoms with Crippen LogP contribution in [0.2, 0.25) is 0 Å². The minimum atomic E-state index is -0.563. The maximum absolute atomic E-state index is 12.4. The maximum atomic E-state index is 12.4. The predicted octanol–water partition coefficient (Wildman–Crippen LogP) is 2.97. The van der Waals surface area contributed by atoms with Gasteiger partial charge in [-0.05, 0) is 51.9 Å². The highest BCUT2D eigenvalue weighted by atomic mass is 16.6. The number of carbonyl (C=O) groups is 2. The molecule has 0 bridgehead atoms. The zero-order valence-electron chi connectivity index (χ0n) is 18.5. The fourth-order valence-electron chi connectivity index (χ4n) is 4.19. The van der Waals surface area contributed by atoms with Crippen LogP contribution in [0.4, 0.5) is 15.4 Å². The first-order chi connectivity index (χ1) is 14.7. The molecule has 31 heavy (non-hydrogen) atoms. The van der Waals surface area contributed by atoms with E-state index in [0.717, 1.165) is 36.9 Å². The molecule has 3 rings (SSSR count). The molecule has 0 aromatic carbocycles. The van der Waals surface area contributed by atoms with Gasteiger partial charge in [0.15, 0.2) is 5.82 Å². The number of nitrogens with one attached hydrogen (secondary N) is 3. The summed E-state index contributed by atoms with van der Waals surface area (Å²) in [5, 5.41) is 12.9. The van der Waals surface area contributed by atoms with Crippen molar-refractivity contribution in [2.45, 2.75) is 65.0 Å². The van der Waals surface area contributed by atoms with Crippen LogP contribution >= 0.6 is 0 Å². The van der Waals surface area contributed by atoms with E-state index in [2.05, 4.69) is 25.8 Å². The van der Waals surface area contributed by atoms with Gasteiger partial charge in [0.1, 0.15) is 5.60 Å². The van der Waals surface area contributed by atoms with Crippen LogP contribution in [-0.4, -0.2) is 58.5 Å². The summed E-state index contributed by atoms with van der Waals surface area (Å²) >= 11 is 0. The number of aliphatic imine (C=N–C) groups is 1. The molecule has 2 aliphatic rings. The summed E-state index contributed by atoms with van der Waals surface area (Å²) in [4.78, 5) is 40.5. The number of hydrogen-bond acceptors (Lipinski definition) is 6. The normalized spacial score (nSPS) is 20.9. The molecule has 2 atom stereocenters. The average Bonchev–Trinajstić information content (AvgIpc) is 3.12. The Morgan fingerprint density at radius 3 is 2.84 bits per heavy atom. The fraction of sp³-hybridized carbons (Fsp3) is 0.714. The Labute approximate surface area is 182 Å². The first kappa shape index (κ1) is 22.8. The van der Waals surface area contributed by atoms with Crippen LogP contribution in [0, 0.1) is 11.8 Å². The van der Waals surface area contributed by atoms with Gasteiger partial charge in [0, 0.05) is 30.8 Å². The van der Waals surface area contributed by atoms with E-state index in [9.17, 15) is 14.4 Å². The minimum absolute atomic E-state index is 0.322. The molecule has 1 fully saturated rings. The van der Waals surface area contributed by atoms with Crippen molar-refractivity contribution in [3.05, 3.63) is 11.3 Å². The molecule has 10 heteroatoms. The van der Waals surface area contributed by atoms with Gasteiger partial charge >= 0.3 is 12.1 Å². The van der Waals surface area contributed by atoms with Crippen molar-refractivity contribution in [3.8, 4) is 0 Å². The molecule has 3 amide bonds. The van der Waals surface area contributed by atoms with Gasteiger partial charge in [-0.2, -0.15) is 5.10 Å². The van der Waals surface area contributed by atoms with E-state index in [1.165, 1.54) is 0 Å². The van der Waals surface area contributed by atoms with Gasteiger partial charge < -0.3 is 15.0 Å². The molecule has 3 N–H and O–H groups in total. The van der Waals surface area contributed by atoms with E-state index in [-0.39, 0.29) is 12.1 Å². The summed E-state index contributed by atoms with van der Waals surface area (Å²) in [6, 6.07) is -0.322. The third kappa shape index (κ3) is 6.55. The number of urea groups is 1. The average molecular weight is 433 g/mol. The Hall–Kier alpha value is -2.87. The Morgan fingerprint density at radius 2 is 2.10 bits per heavy atom. The lowest BCUT2D eigenvalue weighted by Gasteiger charge is -2.30. The van der Waals surface area contributed by atoms with Crippen molar-refractivity contribution in [1.29, 1.82) is 0 Å². The summed E-state index contributed by atoms with van der Waals surface area (Å²) < 4.78 is 5.46. The second kappa shape index (κ2) is 9.96. The second-order valence-electron chi connectivity index (χ2n) is 9.35. The fourth-order valence-corrected chi connectivity index (χ4v) is 4.19. The summed E-state index contributed by atoms with van der Waals surface area (Å²) in [7, 11) is 0. The number of ether oxygens (including phenoxy) is 1. The molecular weight excluding hydrogens is 400 g/mol. The molecule has 0 radical (unpaired) electrons. The van der Waals surface area contributed by atoms with Crippen molar-refractivity contribution in [3.63, 3.8) is 0 Å². The molecule has 1 aliphatic heterocycles. The number of nitrogens with zero attached hydrogens (tertiary/aromatic N) is 3. The van der Waals surface area contributed by atoms with Gasteiger partial charge in [-0.1, -0.05) is 6.42 Å². The molecule has 170 valence electrons. The zero-order valence-corrected chi connectivity index (χ0v) is 18.5. The number of amides is 3. The highest BCUT2D eigenvalue weighted by Gasteiger charge is 2.29. The molecule has 1 aromatic rings. The van der Waals surface area contributed by atoms with E-state index in [4.69, 9.17) is 4.74 Å². The zero-order chi connectivity index (χ0) is 22.4. The largest absolute Gasteiger partial charge is 0.444 e. The number of hydrogen-bond donors (Lipinski definition) is 3. The van der Waals surface area contributed by atoms with Gasteiger partial charge in [-0.25, -0.2) is 19.4 Å². The molecule has 2 heterocycles. The third-order valence-corrected chi connectivity index (χ3v) is 5.67. The Balaban J connectivity index is 1.51. The minimum Gasteiger partial charge on any atom is -0.444 e. The second-order valence-corrected chi connectivity index (χ2v) is 9.35. The number of H-pyrrole nitrogens is 1. The van der Waals surface area contributed by atoms with Crippen molar-refractivity contribution < 1.29 is 19.1 Å². The van der Waals surface area contributed by atoms with E-state index in [1.54, 1.807) is 11.0 Å². The number of rotatable bonds is 5. The van der Waals surface area contributed by atoms with E-state index >= 15 is 0 Å². The summed E-state index contributed by atoms with van der Waals surface area (Å²) in [5.41, 5.74) is 1.16. The van der Waals surface area contributed by atoms with E-state index < -0.39 is 5.60 Å². The van der Waals surface area contributed by atoms with Crippen LogP contribution in [0.15, 0.2) is 4.99 Å². The van der Waals surface area contributed by atoms with Crippen LogP contribution in [0.1, 0.15) is 57.7 Å². The first-order valence-electron chi connectivity index (χ1n) is 10.9. The van der Waals surface area contributed by atoms with Gasteiger partial charge in [-0.3, -0.25) is 10.4 Å². The van der Waals surface area contributed by atoms with Gasteiger partial charge in [0.05, 0.1) is 13.1 Å². The highest BCUT2D eigenvalue weighted by molar-refractivity contribution is 5.89. The monoisotopic (exact) mass is 432 g/mol. The number of aromatic amines is 1. The van der Waals surface area contributed by atoms with Crippen LogP contribution in [0.3, 0.4) is 0 Å². The number of fused-ring (bicyclic) bond motifs is 1. The Morgan fingerprint density at radius 1 is 1.32 bits per heavy atom. The van der Waals surface area contributed by atoms with Crippen molar-refractivity contribution >= 4 is 24.0 Å². The number of carbonyl (C=O) groups excluding carboxylic acids is 3. The number of isocyanates is 1. The van der Waals surface area contributed by atoms with E-state index in [1.807, 2.05) is 20.8 Å². The molecule has 0 spiro atoms. The number of aromatic nitrogens is 2. The molecule has 2 unspecified atom stereocenters. The lowest BCUT2D eigenvalue weighted by molar-refractivity contribution is 0.0224. The Bertz CT molecular complexity index is 839. The smallest absolute Gasteiger partial charge is 0.410 e. The molecule has 1 saturated carbocycles. The third-order valence-electron chi connectivity index (χ3n) is 5.67. The molecule has 1 aliphatic carbocycles. The van der Waals surface area contributed by atoms with Gasteiger partial charge in [0.25, 0.3) is 0 Å². The van der Waals surface area contributed by atoms with Gasteiger partial charge in [-0.15, -0.1) is 0 Å². The number of anilines is 1. The van der Waals surface area contributed by atoms with Crippen LogP contribution in [-0.2, 0) is 22.5 Å². The molecule has 1 aromatic heterocycles. The standard InChI is InChI=1S/C21H32N6O4/c1-21(2,3)31-20(30)27-8-7-17-16(12-27)18(26-25-17)24-19(29)23-11-15-6-4-5-14(9-15)10-22-13-28/h14-15H,4-12H2,1-3H3,(H3,23,24,25,26,29). The van der Waals surface area contributed by atoms with Crippen molar-refractivity contribution in [2.24, 2.45) is 16.8 Å². The first-order valence-corrected chi connectivity index (χ1v) is 10.9. The van der Waals surface area contributed by atoms with Gasteiger partial charge in [0.2, 0.25) is 6.08 Å². The van der Waals surface area contributed by atoms with Crippen LogP contribution in [0.25, 0.3) is 0 Å². The maximum Gasteiger partial charge on any atom is 0.410 e. The van der Waals surface area contributed by atoms with Crippen molar-refractivity contribution in [1.82, 2.24) is 20.4 Å². The summed E-state index contributed by atoms with van der Waals surface area (Å²) in [6.07, 6.45) is 5.96.